The van der Waals surface area contributed by atoms with Gasteiger partial charge in [-0.2, -0.15) is 0 Å². The lowest BCUT2D eigenvalue weighted by Crippen LogP contribution is -2.48. The molecule has 2 aromatic rings. The fourth-order valence-electron chi connectivity index (χ4n) is 3.09. The van der Waals surface area contributed by atoms with Crippen molar-refractivity contribution in [3.8, 4) is 0 Å². The first-order valence-electron chi connectivity index (χ1n) is 7.35. The van der Waals surface area contributed by atoms with Crippen molar-refractivity contribution in [2.75, 3.05) is 6.54 Å². The number of hydrogen-bond acceptors (Lipinski definition) is 3. The minimum atomic E-state index is -0.274. The molecule has 0 aliphatic carbocycles. The number of hydrogen-bond donors (Lipinski definition) is 2. The predicted molar refractivity (Wildman–Crippen MR) is 90.0 cm³/mol. The first-order valence-corrected chi connectivity index (χ1v) is 8.15. The van der Waals surface area contributed by atoms with Crippen LogP contribution in [0.25, 0.3) is 10.9 Å². The van der Waals surface area contributed by atoms with Crippen LogP contribution in [0.15, 0.2) is 33.5 Å². The van der Waals surface area contributed by atoms with E-state index in [2.05, 4.69) is 20.9 Å². The second-order valence-electron chi connectivity index (χ2n) is 5.84. The van der Waals surface area contributed by atoms with Crippen molar-refractivity contribution in [3.63, 3.8) is 0 Å². The monoisotopic (exact) mass is 363 g/mol. The maximum absolute atomic E-state index is 12.9. The number of amides is 1. The maximum atomic E-state index is 12.9. The van der Waals surface area contributed by atoms with E-state index in [9.17, 15) is 9.59 Å². The molecule has 0 saturated carbocycles. The molecule has 1 aromatic heterocycles. The molecule has 1 aromatic carbocycles. The van der Waals surface area contributed by atoms with Gasteiger partial charge in [0.05, 0.1) is 11.1 Å². The van der Waals surface area contributed by atoms with Gasteiger partial charge in [0, 0.05) is 34.6 Å². The molecular formula is C16H18BrN3O2. The molecule has 0 unspecified atom stereocenters. The van der Waals surface area contributed by atoms with Crippen molar-refractivity contribution in [1.29, 1.82) is 0 Å². The van der Waals surface area contributed by atoms with Gasteiger partial charge in [-0.25, -0.2) is 0 Å². The Morgan fingerprint density at radius 3 is 2.95 bits per heavy atom. The lowest BCUT2D eigenvalue weighted by atomic mass is 9.97. The Morgan fingerprint density at radius 1 is 1.45 bits per heavy atom. The number of para-hydroxylation sites is 1. The largest absolute Gasteiger partial charge is 0.336 e. The van der Waals surface area contributed by atoms with Gasteiger partial charge in [-0.1, -0.05) is 12.1 Å². The van der Waals surface area contributed by atoms with Crippen molar-refractivity contribution in [2.45, 2.75) is 31.8 Å². The Hall–Kier alpha value is -1.66. The van der Waals surface area contributed by atoms with Gasteiger partial charge in [0.1, 0.15) is 0 Å². The summed E-state index contributed by atoms with van der Waals surface area (Å²) in [7, 11) is 0. The van der Waals surface area contributed by atoms with Gasteiger partial charge >= 0.3 is 0 Å². The quantitative estimate of drug-likeness (QED) is 0.815. The van der Waals surface area contributed by atoms with Crippen LogP contribution in [0.2, 0.25) is 0 Å². The number of halogens is 1. The molecule has 3 N–H and O–H groups in total. The molecule has 5 nitrogen and oxygen atoms in total. The van der Waals surface area contributed by atoms with Gasteiger partial charge in [0.25, 0.3) is 5.91 Å². The Morgan fingerprint density at radius 2 is 2.23 bits per heavy atom. The number of piperidine rings is 1. The highest BCUT2D eigenvalue weighted by molar-refractivity contribution is 9.10. The van der Waals surface area contributed by atoms with Crippen LogP contribution in [0.3, 0.4) is 0 Å². The summed E-state index contributed by atoms with van der Waals surface area (Å²) < 4.78 is 0.769. The number of nitrogens with zero attached hydrogens (tertiary/aromatic N) is 1. The van der Waals surface area contributed by atoms with E-state index in [-0.39, 0.29) is 23.6 Å². The summed E-state index contributed by atoms with van der Waals surface area (Å²) in [6.07, 6.45) is 1.58. The van der Waals surface area contributed by atoms with Crippen molar-refractivity contribution in [2.24, 2.45) is 5.73 Å². The molecule has 1 fully saturated rings. The van der Waals surface area contributed by atoms with Gasteiger partial charge in [-0.05, 0) is 41.8 Å². The van der Waals surface area contributed by atoms with Crippen LogP contribution in [0.5, 0.6) is 0 Å². The molecule has 116 valence electrons. The maximum Gasteiger partial charge on any atom is 0.254 e. The number of pyridine rings is 1. The number of nitrogens with one attached hydrogen (secondary N) is 1. The van der Waals surface area contributed by atoms with E-state index in [1.54, 1.807) is 0 Å². The van der Waals surface area contributed by atoms with E-state index in [0.29, 0.717) is 17.6 Å². The van der Waals surface area contributed by atoms with Crippen LogP contribution in [0.4, 0.5) is 0 Å². The molecular weight excluding hydrogens is 346 g/mol. The third kappa shape index (κ3) is 2.68. The van der Waals surface area contributed by atoms with Crippen molar-refractivity contribution < 1.29 is 4.79 Å². The molecule has 0 spiro atoms. The number of benzene rings is 1. The van der Waals surface area contributed by atoms with Crippen LogP contribution in [0.1, 0.15) is 30.1 Å². The second-order valence-corrected chi connectivity index (χ2v) is 6.70. The summed E-state index contributed by atoms with van der Waals surface area (Å²) >= 11 is 3.42. The molecule has 1 aliphatic rings. The highest BCUT2D eigenvalue weighted by Gasteiger charge is 2.28. The van der Waals surface area contributed by atoms with Crippen molar-refractivity contribution in [1.82, 2.24) is 9.88 Å². The fraction of sp³-hybridized carbons (Fsp3) is 0.375. The van der Waals surface area contributed by atoms with Gasteiger partial charge in [0.2, 0.25) is 5.56 Å². The standard InChI is InChI=1S/C16H18BrN3O2/c1-9-7-10(18)5-6-20(9)16(22)12-8-14(21)19-15-11(12)3-2-4-13(15)17/h2-4,8-10H,5-7,18H2,1H3,(H,19,21)/t9-,10+/m0/s1. The molecule has 6 heteroatoms. The zero-order chi connectivity index (χ0) is 15.9. The fourth-order valence-corrected chi connectivity index (χ4v) is 3.55. The van der Waals surface area contributed by atoms with E-state index < -0.39 is 0 Å². The molecule has 2 heterocycles. The lowest BCUT2D eigenvalue weighted by Gasteiger charge is -2.36. The molecule has 1 amide bonds. The Bertz CT molecular complexity index is 787. The summed E-state index contributed by atoms with van der Waals surface area (Å²) in [5.41, 5.74) is 6.79. The van der Waals surface area contributed by atoms with Crippen LogP contribution >= 0.6 is 15.9 Å². The number of likely N-dealkylation sites (tertiary alicyclic amines) is 1. The smallest absolute Gasteiger partial charge is 0.254 e. The van der Waals surface area contributed by atoms with Crippen LogP contribution in [0, 0.1) is 0 Å². The number of carbonyl (C=O) groups excluding carboxylic acids is 1. The predicted octanol–water partition coefficient (Wildman–Crippen LogP) is 2.24. The first-order chi connectivity index (χ1) is 10.5. The molecule has 0 radical (unpaired) electrons. The van der Waals surface area contributed by atoms with E-state index in [0.717, 1.165) is 22.7 Å². The SMILES string of the molecule is C[C@H]1C[C@H](N)CCN1C(=O)c1cc(=O)[nH]c2c(Br)cccc12. The molecule has 1 aliphatic heterocycles. The number of aromatic nitrogens is 1. The van der Waals surface area contributed by atoms with Crippen molar-refractivity contribution in [3.05, 3.63) is 44.7 Å². The van der Waals surface area contributed by atoms with Crippen LogP contribution < -0.4 is 11.3 Å². The van der Waals surface area contributed by atoms with E-state index in [1.165, 1.54) is 6.07 Å². The summed E-state index contributed by atoms with van der Waals surface area (Å²) in [5, 5.41) is 0.751. The van der Waals surface area contributed by atoms with Crippen LogP contribution in [-0.4, -0.2) is 34.4 Å². The topological polar surface area (TPSA) is 79.2 Å². The average molecular weight is 364 g/mol. The number of nitrogens with two attached hydrogens (primary N) is 1. The van der Waals surface area contributed by atoms with E-state index in [4.69, 9.17) is 5.73 Å². The zero-order valence-corrected chi connectivity index (χ0v) is 13.9. The van der Waals surface area contributed by atoms with Gasteiger partial charge in [-0.15, -0.1) is 0 Å². The average Bonchev–Trinajstić information content (AvgIpc) is 2.47. The third-order valence-corrected chi connectivity index (χ3v) is 4.90. The highest BCUT2D eigenvalue weighted by Crippen LogP contribution is 2.26. The normalized spacial score (nSPS) is 22.0. The minimum absolute atomic E-state index is 0.0812. The summed E-state index contributed by atoms with van der Waals surface area (Å²) in [6.45, 7) is 2.63. The van der Waals surface area contributed by atoms with Gasteiger partial charge in [0.15, 0.2) is 0 Å². The Balaban J connectivity index is 2.08. The second kappa shape index (κ2) is 5.85. The third-order valence-electron chi connectivity index (χ3n) is 4.24. The number of H-pyrrole nitrogens is 1. The molecule has 3 rings (SSSR count). The molecule has 22 heavy (non-hydrogen) atoms. The van der Waals surface area contributed by atoms with E-state index in [1.807, 2.05) is 30.0 Å². The molecule has 0 bridgehead atoms. The number of aromatic amines is 1. The molecule has 2 atom stereocenters. The summed E-state index contributed by atoms with van der Waals surface area (Å²) in [5.74, 6) is -0.103. The van der Waals surface area contributed by atoms with Crippen molar-refractivity contribution >= 4 is 32.7 Å². The summed E-state index contributed by atoms with van der Waals surface area (Å²) in [6, 6.07) is 7.16. The number of rotatable bonds is 1. The van der Waals surface area contributed by atoms with E-state index >= 15 is 0 Å². The van der Waals surface area contributed by atoms with Gasteiger partial charge < -0.3 is 15.6 Å². The Labute approximate surface area is 136 Å². The number of carbonyl (C=O) groups is 1. The van der Waals surface area contributed by atoms with Crippen LogP contribution in [-0.2, 0) is 0 Å². The van der Waals surface area contributed by atoms with Gasteiger partial charge in [-0.3, -0.25) is 9.59 Å². The lowest BCUT2D eigenvalue weighted by molar-refractivity contribution is 0.0621. The zero-order valence-electron chi connectivity index (χ0n) is 12.3. The number of fused-ring (bicyclic) bond motifs is 1. The Kier molecular flexibility index (Phi) is 4.06. The highest BCUT2D eigenvalue weighted by atomic mass is 79.9. The summed E-state index contributed by atoms with van der Waals surface area (Å²) in [4.78, 5) is 29.4. The molecule has 1 saturated heterocycles. The minimum Gasteiger partial charge on any atom is -0.336 e. The first kappa shape index (κ1) is 15.2.